The van der Waals surface area contributed by atoms with Gasteiger partial charge in [-0.1, -0.05) is 13.8 Å². The van der Waals surface area contributed by atoms with E-state index in [1.165, 1.54) is 12.3 Å². The molecular formula is C16H22FNO2. The van der Waals surface area contributed by atoms with E-state index >= 15 is 0 Å². The molecule has 4 heteroatoms. The summed E-state index contributed by atoms with van der Waals surface area (Å²) in [6.07, 6.45) is 5.76. The van der Waals surface area contributed by atoms with E-state index in [2.05, 4.69) is 18.8 Å². The highest BCUT2D eigenvalue weighted by Crippen LogP contribution is 2.43. The Morgan fingerprint density at radius 1 is 1.30 bits per heavy atom. The Balaban J connectivity index is 2.27. The maximum atomic E-state index is 13.3. The molecule has 1 aromatic heterocycles. The van der Waals surface area contributed by atoms with Crippen LogP contribution in [0.25, 0.3) is 0 Å². The van der Waals surface area contributed by atoms with E-state index < -0.39 is 11.4 Å². The number of hydrogen-bond acceptors (Lipinski definition) is 3. The Labute approximate surface area is 119 Å². The molecule has 1 aromatic rings. The van der Waals surface area contributed by atoms with Crippen molar-refractivity contribution < 1.29 is 13.9 Å². The first-order valence-corrected chi connectivity index (χ1v) is 7.18. The van der Waals surface area contributed by atoms with Crippen LogP contribution in [-0.2, 0) is 4.74 Å². The molecule has 1 fully saturated rings. The van der Waals surface area contributed by atoms with Gasteiger partial charge in [-0.15, -0.1) is 0 Å². The number of Topliss-reactive ketones (excluding diaryl/α,β-unsaturated/α-hetero) is 1. The number of carbonyl (C=O) groups is 1. The number of halogens is 1. The van der Waals surface area contributed by atoms with E-state index in [-0.39, 0.29) is 11.2 Å². The first kappa shape index (κ1) is 15.1. The van der Waals surface area contributed by atoms with Crippen molar-refractivity contribution in [1.82, 2.24) is 4.98 Å². The molecule has 1 saturated carbocycles. The first-order chi connectivity index (χ1) is 9.38. The summed E-state index contributed by atoms with van der Waals surface area (Å²) in [5.41, 5.74) is -0.265. The number of pyridine rings is 1. The average Bonchev–Trinajstić information content (AvgIpc) is 2.41. The summed E-state index contributed by atoms with van der Waals surface area (Å²) < 4.78 is 19.1. The van der Waals surface area contributed by atoms with Gasteiger partial charge in [-0.05, 0) is 44.1 Å². The van der Waals surface area contributed by atoms with E-state index in [1.54, 1.807) is 0 Å². The summed E-state index contributed by atoms with van der Waals surface area (Å²) in [5, 5.41) is 0. The lowest BCUT2D eigenvalue weighted by atomic mass is 9.68. The molecule has 0 spiro atoms. The fraction of sp³-hybridized carbons (Fsp3) is 0.625. The van der Waals surface area contributed by atoms with Crippen molar-refractivity contribution >= 4 is 5.78 Å². The summed E-state index contributed by atoms with van der Waals surface area (Å²) >= 11 is 0. The number of rotatable bonds is 4. The molecule has 1 aliphatic rings. The van der Waals surface area contributed by atoms with Crippen molar-refractivity contribution in [3.05, 3.63) is 29.8 Å². The molecule has 0 aliphatic heterocycles. The fourth-order valence-electron chi connectivity index (χ4n) is 2.84. The number of ketones is 1. The van der Waals surface area contributed by atoms with Crippen molar-refractivity contribution in [1.29, 1.82) is 0 Å². The second kappa shape index (κ2) is 5.60. The molecule has 1 aliphatic carbocycles. The van der Waals surface area contributed by atoms with Gasteiger partial charge in [-0.25, -0.2) is 4.39 Å². The quantitative estimate of drug-likeness (QED) is 0.787. The molecule has 0 radical (unpaired) electrons. The third-order valence-corrected chi connectivity index (χ3v) is 4.21. The second-order valence-electron chi connectivity index (χ2n) is 6.31. The van der Waals surface area contributed by atoms with Gasteiger partial charge in [0.05, 0.1) is 6.20 Å². The molecule has 0 saturated heterocycles. The SMILES string of the molecule is CCOC1(C(=O)c2cncc(F)c2)CCC(C)(C)CC1. The molecule has 0 aromatic carbocycles. The normalized spacial score (nSPS) is 20.6. The zero-order chi connectivity index (χ0) is 14.8. The van der Waals surface area contributed by atoms with Gasteiger partial charge in [0.1, 0.15) is 11.4 Å². The molecule has 0 unspecified atom stereocenters. The van der Waals surface area contributed by atoms with E-state index in [0.29, 0.717) is 25.0 Å². The first-order valence-electron chi connectivity index (χ1n) is 7.18. The van der Waals surface area contributed by atoms with E-state index in [4.69, 9.17) is 4.74 Å². The predicted octanol–water partition coefficient (Wildman–Crippen LogP) is 3.78. The second-order valence-corrected chi connectivity index (χ2v) is 6.31. The minimum Gasteiger partial charge on any atom is -0.367 e. The average molecular weight is 279 g/mol. The lowest BCUT2D eigenvalue weighted by Crippen LogP contribution is -2.46. The van der Waals surface area contributed by atoms with Crippen LogP contribution in [-0.4, -0.2) is 23.0 Å². The standard InChI is InChI=1S/C16H22FNO2/c1-4-20-16(7-5-15(2,3)6-8-16)14(19)12-9-13(17)11-18-10-12/h9-11H,4-8H2,1-3H3. The van der Waals surface area contributed by atoms with Gasteiger partial charge >= 0.3 is 0 Å². The summed E-state index contributed by atoms with van der Waals surface area (Å²) in [5.74, 6) is -0.625. The van der Waals surface area contributed by atoms with Gasteiger partial charge in [0.2, 0.25) is 0 Å². The number of nitrogens with zero attached hydrogens (tertiary/aromatic N) is 1. The topological polar surface area (TPSA) is 39.2 Å². The Morgan fingerprint density at radius 2 is 1.95 bits per heavy atom. The van der Waals surface area contributed by atoms with Crippen LogP contribution in [0.15, 0.2) is 18.5 Å². The Morgan fingerprint density at radius 3 is 2.50 bits per heavy atom. The lowest BCUT2D eigenvalue weighted by Gasteiger charge is -2.42. The number of carbonyl (C=O) groups excluding carboxylic acids is 1. The summed E-state index contributed by atoms with van der Waals surface area (Å²) in [4.78, 5) is 16.5. The van der Waals surface area contributed by atoms with Gasteiger partial charge < -0.3 is 4.74 Å². The van der Waals surface area contributed by atoms with Crippen LogP contribution in [0.5, 0.6) is 0 Å². The van der Waals surface area contributed by atoms with E-state index in [9.17, 15) is 9.18 Å². The van der Waals surface area contributed by atoms with Crippen molar-refractivity contribution in [3.8, 4) is 0 Å². The third kappa shape index (κ3) is 3.06. The maximum absolute atomic E-state index is 13.3. The molecule has 1 heterocycles. The molecule has 0 bridgehead atoms. The fourth-order valence-corrected chi connectivity index (χ4v) is 2.84. The van der Waals surface area contributed by atoms with Crippen molar-refractivity contribution in [2.45, 2.75) is 52.1 Å². The minimum atomic E-state index is -0.806. The molecule has 20 heavy (non-hydrogen) atoms. The summed E-state index contributed by atoms with van der Waals surface area (Å²) in [7, 11) is 0. The lowest BCUT2D eigenvalue weighted by molar-refractivity contribution is -0.0580. The highest BCUT2D eigenvalue weighted by Gasteiger charge is 2.45. The van der Waals surface area contributed by atoms with Crippen molar-refractivity contribution in [2.75, 3.05) is 6.61 Å². The zero-order valence-corrected chi connectivity index (χ0v) is 12.4. The Bertz CT molecular complexity index is 489. The summed E-state index contributed by atoms with van der Waals surface area (Å²) in [6.45, 7) is 6.78. The van der Waals surface area contributed by atoms with Gasteiger partial charge in [0.25, 0.3) is 0 Å². The molecule has 0 N–H and O–H groups in total. The largest absolute Gasteiger partial charge is 0.367 e. The summed E-state index contributed by atoms with van der Waals surface area (Å²) in [6, 6.07) is 1.25. The number of aromatic nitrogens is 1. The van der Waals surface area contributed by atoms with Gasteiger partial charge in [-0.2, -0.15) is 0 Å². The van der Waals surface area contributed by atoms with Crippen LogP contribution < -0.4 is 0 Å². The monoisotopic (exact) mass is 279 g/mol. The van der Waals surface area contributed by atoms with Crippen LogP contribution in [0.4, 0.5) is 4.39 Å². The van der Waals surface area contributed by atoms with Gasteiger partial charge in [0, 0.05) is 18.4 Å². The highest BCUT2D eigenvalue weighted by molar-refractivity contribution is 6.02. The molecular weight excluding hydrogens is 257 g/mol. The smallest absolute Gasteiger partial charge is 0.196 e. The van der Waals surface area contributed by atoms with Crippen LogP contribution in [0, 0.1) is 11.2 Å². The molecule has 0 atom stereocenters. The Hall–Kier alpha value is -1.29. The van der Waals surface area contributed by atoms with Crippen LogP contribution in [0.3, 0.4) is 0 Å². The van der Waals surface area contributed by atoms with Gasteiger partial charge in [-0.3, -0.25) is 9.78 Å². The number of ether oxygens (including phenoxy) is 1. The van der Waals surface area contributed by atoms with Gasteiger partial charge in [0.15, 0.2) is 5.78 Å². The van der Waals surface area contributed by atoms with Crippen molar-refractivity contribution in [2.24, 2.45) is 5.41 Å². The molecule has 110 valence electrons. The minimum absolute atomic E-state index is 0.137. The number of hydrogen-bond donors (Lipinski definition) is 0. The highest BCUT2D eigenvalue weighted by atomic mass is 19.1. The van der Waals surface area contributed by atoms with Crippen LogP contribution in [0.1, 0.15) is 56.8 Å². The third-order valence-electron chi connectivity index (χ3n) is 4.21. The molecule has 0 amide bonds. The van der Waals surface area contributed by atoms with Crippen LogP contribution in [0.2, 0.25) is 0 Å². The van der Waals surface area contributed by atoms with Crippen molar-refractivity contribution in [3.63, 3.8) is 0 Å². The maximum Gasteiger partial charge on any atom is 0.196 e. The van der Waals surface area contributed by atoms with Crippen LogP contribution >= 0.6 is 0 Å². The Kier molecular flexibility index (Phi) is 4.23. The van der Waals surface area contributed by atoms with E-state index in [0.717, 1.165) is 19.0 Å². The van der Waals surface area contributed by atoms with E-state index in [1.807, 2.05) is 6.92 Å². The molecule has 3 nitrogen and oxygen atoms in total. The zero-order valence-electron chi connectivity index (χ0n) is 12.4. The molecule has 2 rings (SSSR count). The predicted molar refractivity (Wildman–Crippen MR) is 75.1 cm³/mol.